The van der Waals surface area contributed by atoms with Crippen molar-refractivity contribution in [1.29, 1.82) is 0 Å². The molecular formula is C16H11Cl3O5. The van der Waals surface area contributed by atoms with E-state index in [9.17, 15) is 4.79 Å². The van der Waals surface area contributed by atoms with Crippen molar-refractivity contribution in [3.8, 4) is 17.2 Å². The van der Waals surface area contributed by atoms with Crippen molar-refractivity contribution < 1.29 is 23.7 Å². The Hall–Kier alpha value is -1.82. The zero-order valence-corrected chi connectivity index (χ0v) is 14.5. The SMILES string of the molecule is O=C(COc1cc(Cl)c(Cl)cc1Cl)OCc1ccc2c(c1)OCO2. The number of carbonyl (C=O) groups is 1. The molecule has 0 spiro atoms. The largest absolute Gasteiger partial charge is 0.480 e. The molecule has 3 rings (SSSR count). The first-order valence-corrected chi connectivity index (χ1v) is 7.98. The van der Waals surface area contributed by atoms with Gasteiger partial charge in [0.2, 0.25) is 6.79 Å². The number of benzene rings is 2. The van der Waals surface area contributed by atoms with Crippen LogP contribution in [0.3, 0.4) is 0 Å². The van der Waals surface area contributed by atoms with E-state index in [4.69, 9.17) is 53.8 Å². The molecule has 0 fully saturated rings. The third-order valence-corrected chi connectivity index (χ3v) is 4.17. The van der Waals surface area contributed by atoms with E-state index in [-0.39, 0.29) is 35.8 Å². The van der Waals surface area contributed by atoms with Gasteiger partial charge in [-0.1, -0.05) is 40.9 Å². The van der Waals surface area contributed by atoms with Crippen molar-refractivity contribution in [2.75, 3.05) is 13.4 Å². The van der Waals surface area contributed by atoms with E-state index in [1.165, 1.54) is 12.1 Å². The van der Waals surface area contributed by atoms with Crippen molar-refractivity contribution in [2.45, 2.75) is 6.61 Å². The van der Waals surface area contributed by atoms with Crippen LogP contribution in [-0.2, 0) is 16.1 Å². The van der Waals surface area contributed by atoms with Crippen LogP contribution in [-0.4, -0.2) is 19.4 Å². The fourth-order valence-electron chi connectivity index (χ4n) is 1.99. The highest BCUT2D eigenvalue weighted by Gasteiger charge is 2.14. The predicted molar refractivity (Wildman–Crippen MR) is 89.3 cm³/mol. The van der Waals surface area contributed by atoms with E-state index in [1.54, 1.807) is 18.2 Å². The summed E-state index contributed by atoms with van der Waals surface area (Å²) in [5.41, 5.74) is 0.778. The van der Waals surface area contributed by atoms with Crippen molar-refractivity contribution >= 4 is 40.8 Å². The Morgan fingerprint density at radius 1 is 1.00 bits per heavy atom. The number of hydrogen-bond acceptors (Lipinski definition) is 5. The molecule has 1 aliphatic rings. The monoisotopic (exact) mass is 388 g/mol. The third kappa shape index (κ3) is 3.98. The minimum Gasteiger partial charge on any atom is -0.480 e. The maximum Gasteiger partial charge on any atom is 0.344 e. The fourth-order valence-corrected chi connectivity index (χ4v) is 2.58. The zero-order chi connectivity index (χ0) is 17.1. The molecule has 2 aromatic carbocycles. The van der Waals surface area contributed by atoms with Crippen LogP contribution >= 0.6 is 34.8 Å². The molecule has 126 valence electrons. The Morgan fingerprint density at radius 3 is 2.58 bits per heavy atom. The summed E-state index contributed by atoms with van der Waals surface area (Å²) >= 11 is 17.7. The van der Waals surface area contributed by atoms with Gasteiger partial charge in [-0.05, 0) is 23.8 Å². The van der Waals surface area contributed by atoms with E-state index >= 15 is 0 Å². The molecule has 0 radical (unpaired) electrons. The van der Waals surface area contributed by atoms with Gasteiger partial charge in [0.1, 0.15) is 12.4 Å². The average molecular weight is 390 g/mol. The van der Waals surface area contributed by atoms with E-state index < -0.39 is 5.97 Å². The minimum atomic E-state index is -0.546. The summed E-state index contributed by atoms with van der Waals surface area (Å²) in [5, 5.41) is 0.845. The van der Waals surface area contributed by atoms with Gasteiger partial charge in [-0.3, -0.25) is 0 Å². The second-order valence-electron chi connectivity index (χ2n) is 4.83. The zero-order valence-electron chi connectivity index (χ0n) is 12.2. The van der Waals surface area contributed by atoms with Crippen LogP contribution in [0.5, 0.6) is 17.2 Å². The maximum atomic E-state index is 11.8. The standard InChI is InChI=1S/C16H11Cl3O5/c17-10-4-12(19)14(5-11(10)18)21-7-16(20)22-6-9-1-2-13-15(3-9)24-8-23-13/h1-5H,6-8H2. The van der Waals surface area contributed by atoms with Gasteiger partial charge in [0.25, 0.3) is 0 Å². The van der Waals surface area contributed by atoms with Crippen molar-refractivity contribution in [2.24, 2.45) is 0 Å². The first-order valence-electron chi connectivity index (χ1n) is 6.84. The van der Waals surface area contributed by atoms with Gasteiger partial charge in [-0.2, -0.15) is 0 Å². The predicted octanol–water partition coefficient (Wildman–Crippen LogP) is 4.50. The summed E-state index contributed by atoms with van der Waals surface area (Å²) in [6, 6.07) is 8.19. The Balaban J connectivity index is 1.52. The molecule has 1 heterocycles. The lowest BCUT2D eigenvalue weighted by Crippen LogP contribution is -2.15. The Morgan fingerprint density at radius 2 is 1.75 bits per heavy atom. The summed E-state index contributed by atoms with van der Waals surface area (Å²) in [6.07, 6.45) is 0. The molecule has 5 nitrogen and oxygen atoms in total. The molecule has 0 N–H and O–H groups in total. The van der Waals surface area contributed by atoms with Crippen LogP contribution in [0, 0.1) is 0 Å². The number of esters is 1. The average Bonchev–Trinajstić information content (AvgIpc) is 3.02. The first-order chi connectivity index (χ1) is 11.5. The number of carbonyl (C=O) groups excluding carboxylic acids is 1. The van der Waals surface area contributed by atoms with Crippen molar-refractivity contribution in [1.82, 2.24) is 0 Å². The second-order valence-corrected chi connectivity index (χ2v) is 6.06. The first kappa shape index (κ1) is 17.0. The molecule has 0 atom stereocenters. The highest BCUT2D eigenvalue weighted by Crippen LogP contribution is 2.34. The third-order valence-electron chi connectivity index (χ3n) is 3.16. The van der Waals surface area contributed by atoms with E-state index in [2.05, 4.69) is 0 Å². The van der Waals surface area contributed by atoms with Gasteiger partial charge in [0.15, 0.2) is 18.1 Å². The van der Waals surface area contributed by atoms with Crippen LogP contribution in [0.4, 0.5) is 0 Å². The van der Waals surface area contributed by atoms with Crippen molar-refractivity contribution in [3.63, 3.8) is 0 Å². The minimum absolute atomic E-state index is 0.0912. The molecule has 2 aromatic rings. The molecule has 0 aromatic heterocycles. The lowest BCUT2D eigenvalue weighted by Gasteiger charge is -2.09. The van der Waals surface area contributed by atoms with Crippen molar-refractivity contribution in [3.05, 3.63) is 51.0 Å². The molecule has 0 aliphatic carbocycles. The number of halogens is 3. The molecule has 0 saturated carbocycles. The van der Waals surface area contributed by atoms with E-state index in [0.29, 0.717) is 16.5 Å². The summed E-state index contributed by atoms with van der Waals surface area (Å²) in [4.78, 5) is 11.8. The highest BCUT2D eigenvalue weighted by molar-refractivity contribution is 6.43. The molecule has 1 aliphatic heterocycles. The Bertz CT molecular complexity index is 779. The van der Waals surface area contributed by atoms with Crippen LogP contribution in [0.2, 0.25) is 15.1 Å². The normalized spacial score (nSPS) is 12.1. The molecular weight excluding hydrogens is 379 g/mol. The van der Waals surface area contributed by atoms with Crippen LogP contribution in [0.1, 0.15) is 5.56 Å². The molecule has 24 heavy (non-hydrogen) atoms. The number of hydrogen-bond donors (Lipinski definition) is 0. The smallest absolute Gasteiger partial charge is 0.344 e. The molecule has 8 heteroatoms. The number of ether oxygens (including phenoxy) is 4. The molecule has 0 amide bonds. The van der Waals surface area contributed by atoms with Crippen LogP contribution in [0.15, 0.2) is 30.3 Å². The number of rotatable bonds is 5. The fraction of sp³-hybridized carbons (Fsp3) is 0.188. The molecule has 0 unspecified atom stereocenters. The molecule has 0 saturated heterocycles. The van der Waals surface area contributed by atoms with Gasteiger partial charge in [-0.25, -0.2) is 4.79 Å². The highest BCUT2D eigenvalue weighted by atomic mass is 35.5. The van der Waals surface area contributed by atoms with Gasteiger partial charge in [0, 0.05) is 6.07 Å². The van der Waals surface area contributed by atoms with Gasteiger partial charge >= 0.3 is 5.97 Å². The topological polar surface area (TPSA) is 54.0 Å². The van der Waals surface area contributed by atoms with E-state index in [1.807, 2.05) is 0 Å². The Labute approximate surface area is 152 Å². The second kappa shape index (κ2) is 7.38. The quantitative estimate of drug-likeness (QED) is 0.557. The van der Waals surface area contributed by atoms with Gasteiger partial charge in [-0.15, -0.1) is 0 Å². The Kier molecular flexibility index (Phi) is 5.23. The van der Waals surface area contributed by atoms with Gasteiger partial charge < -0.3 is 18.9 Å². The summed E-state index contributed by atoms with van der Waals surface area (Å²) in [5.74, 6) is 1.01. The lowest BCUT2D eigenvalue weighted by atomic mass is 10.2. The lowest BCUT2D eigenvalue weighted by molar-refractivity contribution is -0.147. The van der Waals surface area contributed by atoms with Crippen LogP contribution in [0.25, 0.3) is 0 Å². The van der Waals surface area contributed by atoms with E-state index in [0.717, 1.165) is 5.56 Å². The summed E-state index contributed by atoms with van der Waals surface area (Å²) in [7, 11) is 0. The maximum absolute atomic E-state index is 11.8. The summed E-state index contributed by atoms with van der Waals surface area (Å²) in [6.45, 7) is -0.0208. The van der Waals surface area contributed by atoms with Crippen LogP contribution < -0.4 is 14.2 Å². The summed E-state index contributed by atoms with van der Waals surface area (Å²) < 4.78 is 20.9. The number of fused-ring (bicyclic) bond motifs is 1. The van der Waals surface area contributed by atoms with Gasteiger partial charge in [0.05, 0.1) is 15.1 Å². The molecule has 0 bridgehead atoms.